The monoisotopic (exact) mass is 1600 g/mol. The number of methoxy groups -OCH3 is 3. The number of piperidine rings is 9. The summed E-state index contributed by atoms with van der Waals surface area (Å²) in [6.45, 7) is 22.7. The van der Waals surface area contributed by atoms with Crippen molar-refractivity contribution in [3.8, 4) is 23.0 Å². The number of anilines is 1. The van der Waals surface area contributed by atoms with E-state index in [2.05, 4.69) is 117 Å². The Kier molecular flexibility index (Phi) is 28.0. The van der Waals surface area contributed by atoms with Crippen LogP contribution in [0.25, 0.3) is 43.2 Å². The van der Waals surface area contributed by atoms with Gasteiger partial charge in [-0.3, -0.25) is 34.2 Å². The molecule has 9 fully saturated rings. The average Bonchev–Trinajstić information content (AvgIpc) is 0.745. The van der Waals surface area contributed by atoms with Crippen LogP contribution in [0.3, 0.4) is 0 Å². The molecule has 0 amide bonds. The highest BCUT2D eigenvalue weighted by Crippen LogP contribution is 2.48. The van der Waals surface area contributed by atoms with Gasteiger partial charge in [-0.15, -0.1) is 19.7 Å². The number of nitrogens with zero attached hydrogens (tertiary/aromatic N) is 10. The summed E-state index contributed by atoms with van der Waals surface area (Å²) < 4.78 is 110. The SMILES string of the molecule is C=CC1CN2CCC1CC2[C@@H](O)c1ccnc2ccc(OC)cc12.C=CC1CN2CCC1CC2[C@H](N)c1ccnc2ccc(OC)cc12.C=CC1CN2CCC1CC2[C@H](NC(=S)Nc1cc(C)cc(C(F)(F)F)c1)c1ccnc2ccc(OC)cc12.CP(=O)(N=[N+]=[N-])Oc1ccccc1.Cc1cc(N=C=S)cc(C(F)(F)F)c1. The predicted molar refractivity (Wildman–Crippen MR) is 441 cm³/mol. The van der Waals surface area contributed by atoms with Gasteiger partial charge in [-0.05, 0) is 287 Å². The highest BCUT2D eigenvalue weighted by Gasteiger charge is 2.46. The van der Waals surface area contributed by atoms with Gasteiger partial charge in [-0.2, -0.15) is 31.3 Å². The zero-order chi connectivity index (χ0) is 80.9. The Labute approximate surface area is 665 Å². The van der Waals surface area contributed by atoms with Crippen LogP contribution in [0, 0.1) is 49.4 Å². The molecule has 0 radical (unpaired) electrons. The number of halogens is 6. The fourth-order valence-corrected chi connectivity index (χ4v) is 17.8. The van der Waals surface area contributed by atoms with Crippen molar-refractivity contribution in [1.82, 2.24) is 35.0 Å². The maximum Gasteiger partial charge on any atom is 0.416 e. The number of thiocarbonyl (C=S) groups is 2. The molecule has 13 unspecified atom stereocenters. The minimum absolute atomic E-state index is 0.00354. The van der Waals surface area contributed by atoms with Gasteiger partial charge in [0.1, 0.15) is 23.0 Å². The first-order valence-corrected chi connectivity index (χ1v) is 40.2. The van der Waals surface area contributed by atoms with Crippen LogP contribution < -0.4 is 35.1 Å². The van der Waals surface area contributed by atoms with Crippen LogP contribution in [0.4, 0.5) is 37.7 Å². The molecule has 12 heterocycles. The predicted octanol–water partition coefficient (Wildman–Crippen LogP) is 19.8. The summed E-state index contributed by atoms with van der Waals surface area (Å²) in [6, 6.07) is 40.1. The van der Waals surface area contributed by atoms with Crippen molar-refractivity contribution in [1.29, 1.82) is 0 Å². The molecule has 19 nitrogen and oxygen atoms in total. The minimum Gasteiger partial charge on any atom is -0.497 e. The molecule has 6 aromatic carbocycles. The number of benzene rings is 6. The summed E-state index contributed by atoms with van der Waals surface area (Å²) in [6.07, 6.45) is 9.19. The Hall–Kier alpha value is -9.62. The lowest BCUT2D eigenvalue weighted by atomic mass is 9.73. The molecule has 594 valence electrons. The Morgan fingerprint density at radius 2 is 1.07 bits per heavy atom. The number of aromatic nitrogens is 3. The van der Waals surface area contributed by atoms with E-state index in [0.29, 0.717) is 58.2 Å². The normalized spacial score (nSPS) is 23.7. The minimum atomic E-state index is -4.44. The van der Waals surface area contributed by atoms with Crippen molar-refractivity contribution in [3.63, 3.8) is 0 Å². The number of rotatable bonds is 18. The van der Waals surface area contributed by atoms with E-state index in [1.165, 1.54) is 31.1 Å². The molecule has 9 aliphatic rings. The van der Waals surface area contributed by atoms with Crippen LogP contribution in [-0.4, -0.2) is 130 Å². The first-order chi connectivity index (χ1) is 54.1. The number of hydrogen-bond donors (Lipinski definition) is 4. The van der Waals surface area contributed by atoms with E-state index < -0.39 is 37.1 Å². The van der Waals surface area contributed by atoms with E-state index in [1.807, 2.05) is 72.0 Å². The molecule has 28 heteroatoms. The topological polar surface area (TPSA) is 234 Å². The molecule has 5 N–H and O–H groups in total. The Morgan fingerprint density at radius 3 is 1.52 bits per heavy atom. The largest absolute Gasteiger partial charge is 0.497 e. The standard InChI is InChI=1S/C29H31F3N4OS.C20H25N3O.C20H24N2O2.C9H6F3NS.C7H8N3O2P/c1-4-18-16-36-10-8-19(18)13-26(36)27(23-7-9-33-25-6-5-22(37-3)15-24(23)25)35-28(38)34-21-12-17(2)11-20(14-21)29(30,31)32;1-3-13-12-23-9-7-14(13)10-19(23)20(21)16-6-8-22-18-5-4-15(24-2)11-17(16)18;1-3-13-12-22-9-7-14(13)10-19(22)20(23)16-6-8-21-18-5-4-15(24-2)11-17(16)18;1-6-2-7(9(10,11)12)4-8(3-6)13-5-14;1-13(11,10-9-8)12-7-5-3-2-4-6-7/h4-7,9,11-12,14-15,18-19,26-27H,1,8,10,13,16H2,2-3H3,(H2,34,35,38);3-6,8,11,13-14,19-20H,1,7,9-10,12,21H2,2H3;3-6,8,11,13-14,19-20,23H,1,7,9-10,12H2,2H3;2-4H,1H3;2-6H,1H3/t18?,19?,26?,27-;2*13?,14?,19?,20-;;/m110../s1. The van der Waals surface area contributed by atoms with Gasteiger partial charge in [-0.25, -0.2) is 0 Å². The third-order valence-corrected chi connectivity index (χ3v) is 23.6. The lowest BCUT2D eigenvalue weighted by molar-refractivity contribution is -0.138. The number of hydrogen-bond acceptors (Lipinski definition) is 16. The number of nitrogens with two attached hydrogens (primary N) is 1. The first-order valence-electron chi connectivity index (χ1n) is 37.4. The second kappa shape index (κ2) is 37.6. The van der Waals surface area contributed by atoms with Gasteiger partial charge in [0.15, 0.2) is 5.11 Å². The van der Waals surface area contributed by atoms with Crippen molar-refractivity contribution in [2.24, 2.45) is 51.1 Å². The molecule has 9 aliphatic heterocycles. The number of aliphatic hydroxyl groups excluding tert-OH is 1. The number of pyridine rings is 3. The second-order valence-electron chi connectivity index (χ2n) is 29.4. The molecule has 6 bridgehead atoms. The summed E-state index contributed by atoms with van der Waals surface area (Å²) in [4.78, 5) is 29.9. The zero-order valence-corrected chi connectivity index (χ0v) is 66.4. The fourth-order valence-electron chi connectivity index (χ4n) is 16.8. The van der Waals surface area contributed by atoms with E-state index in [0.717, 1.165) is 156 Å². The van der Waals surface area contributed by atoms with Crippen LogP contribution in [0.5, 0.6) is 23.0 Å². The third kappa shape index (κ3) is 20.9. The van der Waals surface area contributed by atoms with Crippen molar-refractivity contribution in [2.75, 3.05) is 72.6 Å². The summed E-state index contributed by atoms with van der Waals surface area (Å²) in [5.74, 6) is 6.34. The van der Waals surface area contributed by atoms with Crippen molar-refractivity contribution in [3.05, 3.63) is 245 Å². The molecular formula is C85H94F6N13O6PS2. The van der Waals surface area contributed by atoms with Crippen LogP contribution in [-0.2, 0) is 16.9 Å². The van der Waals surface area contributed by atoms with Crippen LogP contribution >= 0.6 is 32.0 Å². The molecule has 3 aromatic heterocycles. The average molecular weight is 1600 g/mol. The summed E-state index contributed by atoms with van der Waals surface area (Å²) in [5.41, 5.74) is 20.7. The number of nitrogens with one attached hydrogen (secondary N) is 2. The Balaban J connectivity index is 0.000000147. The van der Waals surface area contributed by atoms with E-state index in [1.54, 1.807) is 84.0 Å². The maximum atomic E-state index is 13.4. The van der Waals surface area contributed by atoms with E-state index in [9.17, 15) is 36.0 Å². The van der Waals surface area contributed by atoms with Gasteiger partial charge in [0.25, 0.3) is 0 Å². The molecule has 0 aliphatic carbocycles. The smallest absolute Gasteiger partial charge is 0.416 e. The molecular weight excluding hydrogens is 1510 g/mol. The molecule has 9 saturated heterocycles. The van der Waals surface area contributed by atoms with Gasteiger partial charge >= 0.3 is 19.9 Å². The molecule has 18 rings (SSSR count). The van der Waals surface area contributed by atoms with E-state index >= 15 is 0 Å². The van der Waals surface area contributed by atoms with Crippen LogP contribution in [0.15, 0.2) is 206 Å². The van der Waals surface area contributed by atoms with Gasteiger partial charge in [0, 0.05) is 101 Å². The van der Waals surface area contributed by atoms with Crippen molar-refractivity contribution >= 4 is 86.3 Å². The fraction of sp³-hybridized carbons (Fsp3) is 0.376. The number of aliphatic hydroxyl groups is 1. The molecule has 9 aromatic rings. The lowest BCUT2D eigenvalue weighted by Gasteiger charge is -2.52. The van der Waals surface area contributed by atoms with Crippen LogP contribution in [0.1, 0.15) is 95.7 Å². The Bertz CT molecular complexity index is 4910. The number of azide groups is 1. The number of fused-ring (bicyclic) bond motifs is 12. The van der Waals surface area contributed by atoms with Gasteiger partial charge in [-0.1, -0.05) is 36.4 Å². The van der Waals surface area contributed by atoms with Crippen molar-refractivity contribution in [2.45, 2.75) is 101 Å². The maximum absolute atomic E-state index is 13.4. The summed E-state index contributed by atoms with van der Waals surface area (Å²) in [7, 11) is 1.78. The molecule has 0 spiro atoms. The van der Waals surface area contributed by atoms with Crippen molar-refractivity contribution < 1.29 is 54.7 Å². The van der Waals surface area contributed by atoms with Crippen LogP contribution in [0.2, 0.25) is 0 Å². The van der Waals surface area contributed by atoms with Gasteiger partial charge < -0.3 is 40.2 Å². The number of isothiocyanates is 1. The first kappa shape index (κ1) is 84.3. The number of aliphatic imine (C=N–C) groups is 1. The molecule has 0 saturated carbocycles. The Morgan fingerprint density at radius 1 is 0.628 bits per heavy atom. The number of aryl methyl sites for hydroxylation is 2. The van der Waals surface area contributed by atoms with E-state index in [-0.39, 0.29) is 35.0 Å². The number of ether oxygens (including phenoxy) is 3. The van der Waals surface area contributed by atoms with Gasteiger partial charge in [0.05, 0.1) is 72.0 Å². The van der Waals surface area contributed by atoms with Gasteiger partial charge in [0.2, 0.25) is 0 Å². The molecule has 113 heavy (non-hydrogen) atoms. The number of alkyl halides is 6. The zero-order valence-electron chi connectivity index (χ0n) is 63.8. The highest BCUT2D eigenvalue weighted by molar-refractivity contribution is 7.80. The second-order valence-corrected chi connectivity index (χ2v) is 31.9. The summed E-state index contributed by atoms with van der Waals surface area (Å²) >= 11 is 10.0. The highest BCUT2D eigenvalue weighted by atomic mass is 32.1. The quantitative estimate of drug-likeness (QED) is 0.00914. The number of para-hydroxylation sites is 1. The van der Waals surface area contributed by atoms with E-state index in [4.69, 9.17) is 42.2 Å². The molecule has 16 atom stereocenters. The lowest BCUT2D eigenvalue weighted by Crippen LogP contribution is -2.57. The summed E-state index contributed by atoms with van der Waals surface area (Å²) in [5, 5.41) is 23.0. The third-order valence-electron chi connectivity index (χ3n) is 22.3.